The maximum Gasteiger partial charge on any atom is 0.124 e. The lowest BCUT2D eigenvalue weighted by molar-refractivity contribution is 0.169. The molecule has 5 nitrogen and oxygen atoms in total. The first-order valence-corrected chi connectivity index (χ1v) is 7.88. The zero-order chi connectivity index (χ0) is 16.9. The Balaban J connectivity index is 1.67. The molecule has 3 aromatic rings. The van der Waals surface area contributed by atoms with Crippen molar-refractivity contribution in [2.24, 2.45) is 0 Å². The summed E-state index contributed by atoms with van der Waals surface area (Å²) in [4.78, 5) is 3.21. The van der Waals surface area contributed by atoms with Crippen LogP contribution in [0.1, 0.15) is 17.2 Å². The van der Waals surface area contributed by atoms with Crippen LogP contribution in [0.2, 0.25) is 0 Å². The van der Waals surface area contributed by atoms with Gasteiger partial charge in [-0.1, -0.05) is 12.1 Å². The van der Waals surface area contributed by atoms with E-state index in [1.165, 1.54) is 10.9 Å². The third kappa shape index (κ3) is 3.37. The van der Waals surface area contributed by atoms with Crippen LogP contribution in [0.5, 0.6) is 11.5 Å². The van der Waals surface area contributed by atoms with Crippen LogP contribution in [0.4, 0.5) is 0 Å². The minimum absolute atomic E-state index is 0.421. The average Bonchev–Trinajstić information content (AvgIpc) is 3.10. The lowest BCUT2D eigenvalue weighted by Crippen LogP contribution is -2.21. The lowest BCUT2D eigenvalue weighted by Gasteiger charge is -2.17. The zero-order valence-electron chi connectivity index (χ0n) is 13.9. The third-order valence-corrected chi connectivity index (χ3v) is 4.13. The summed E-state index contributed by atoms with van der Waals surface area (Å²) >= 11 is 0. The summed E-state index contributed by atoms with van der Waals surface area (Å²) in [6.07, 6.45) is 1.25. The predicted molar refractivity (Wildman–Crippen MR) is 94.5 cm³/mol. The number of aromatic amines is 1. The number of aliphatic hydroxyl groups excluding tert-OH is 1. The molecule has 0 spiro atoms. The van der Waals surface area contributed by atoms with Crippen molar-refractivity contribution in [1.29, 1.82) is 0 Å². The second-order valence-electron chi connectivity index (χ2n) is 5.61. The monoisotopic (exact) mass is 326 g/mol. The summed E-state index contributed by atoms with van der Waals surface area (Å²) in [5.74, 6) is 1.35. The molecule has 1 aromatic heterocycles. The number of methoxy groups -OCH3 is 2. The number of aromatic nitrogens is 1. The fourth-order valence-electron chi connectivity index (χ4n) is 2.86. The number of ether oxygens (including phenoxy) is 2. The van der Waals surface area contributed by atoms with Gasteiger partial charge < -0.3 is 24.9 Å². The molecule has 0 radical (unpaired) electrons. The number of aliphatic hydroxyl groups is 1. The van der Waals surface area contributed by atoms with Gasteiger partial charge in [0.1, 0.15) is 11.5 Å². The zero-order valence-corrected chi connectivity index (χ0v) is 13.9. The van der Waals surface area contributed by atoms with Crippen LogP contribution >= 0.6 is 0 Å². The first-order chi connectivity index (χ1) is 11.7. The van der Waals surface area contributed by atoms with Crippen LogP contribution in [0, 0.1) is 0 Å². The van der Waals surface area contributed by atoms with Crippen molar-refractivity contribution in [3.63, 3.8) is 0 Å². The van der Waals surface area contributed by atoms with Crippen molar-refractivity contribution in [3.8, 4) is 11.5 Å². The molecule has 3 N–H and O–H groups in total. The summed E-state index contributed by atoms with van der Waals surface area (Å²) in [5.41, 5.74) is 3.02. The van der Waals surface area contributed by atoms with Gasteiger partial charge in [0, 0.05) is 35.8 Å². The highest BCUT2D eigenvalue weighted by atomic mass is 16.5. The first-order valence-electron chi connectivity index (χ1n) is 7.88. The van der Waals surface area contributed by atoms with Gasteiger partial charge in [0.15, 0.2) is 0 Å². The standard InChI is InChI=1S/C19H22N2O3/c1-23-14-6-7-19(24-2)16(10-14)18(22)12-20-11-13-4-3-5-17-15(13)8-9-21-17/h3-10,18,20-22H,11-12H2,1-2H3. The number of hydrogen-bond acceptors (Lipinski definition) is 4. The van der Waals surface area contributed by atoms with Gasteiger partial charge in [-0.2, -0.15) is 0 Å². The Bertz CT molecular complexity index is 813. The van der Waals surface area contributed by atoms with E-state index >= 15 is 0 Å². The molecule has 0 saturated heterocycles. The van der Waals surface area contributed by atoms with Gasteiger partial charge in [-0.05, 0) is 35.9 Å². The van der Waals surface area contributed by atoms with Gasteiger partial charge >= 0.3 is 0 Å². The Morgan fingerprint density at radius 2 is 2.00 bits per heavy atom. The Hall–Kier alpha value is -2.50. The van der Waals surface area contributed by atoms with Gasteiger partial charge in [-0.3, -0.25) is 0 Å². The molecule has 3 rings (SSSR count). The van der Waals surface area contributed by atoms with Crippen molar-refractivity contribution in [3.05, 3.63) is 59.8 Å². The van der Waals surface area contributed by atoms with E-state index in [9.17, 15) is 5.11 Å². The topological polar surface area (TPSA) is 66.5 Å². The van der Waals surface area contributed by atoms with E-state index in [0.29, 0.717) is 30.2 Å². The summed E-state index contributed by atoms with van der Waals surface area (Å²) in [6, 6.07) is 13.6. The SMILES string of the molecule is COc1ccc(OC)c(C(O)CNCc2cccc3[nH]ccc23)c1. The molecule has 1 atom stereocenters. The maximum absolute atomic E-state index is 10.5. The maximum atomic E-state index is 10.5. The molecule has 1 unspecified atom stereocenters. The van der Waals surface area contributed by atoms with Crippen molar-refractivity contribution >= 4 is 10.9 Å². The van der Waals surface area contributed by atoms with Crippen LogP contribution in [0.25, 0.3) is 10.9 Å². The number of nitrogens with one attached hydrogen (secondary N) is 2. The molecule has 0 aliphatic rings. The number of rotatable bonds is 7. The largest absolute Gasteiger partial charge is 0.497 e. The molecule has 0 fully saturated rings. The predicted octanol–water partition coefficient (Wildman–Crippen LogP) is 3.01. The molecular weight excluding hydrogens is 304 g/mol. The van der Waals surface area contributed by atoms with Crippen LogP contribution < -0.4 is 14.8 Å². The van der Waals surface area contributed by atoms with Crippen LogP contribution in [-0.2, 0) is 6.54 Å². The van der Waals surface area contributed by atoms with Gasteiger partial charge in [-0.15, -0.1) is 0 Å². The van der Waals surface area contributed by atoms with Gasteiger partial charge in [0.2, 0.25) is 0 Å². The second kappa shape index (κ2) is 7.38. The number of benzene rings is 2. The molecule has 0 aliphatic carbocycles. The van der Waals surface area contributed by atoms with Crippen molar-refractivity contribution in [1.82, 2.24) is 10.3 Å². The van der Waals surface area contributed by atoms with Crippen molar-refractivity contribution < 1.29 is 14.6 Å². The van der Waals surface area contributed by atoms with Gasteiger partial charge in [0.25, 0.3) is 0 Å². The Morgan fingerprint density at radius 1 is 1.12 bits per heavy atom. The smallest absolute Gasteiger partial charge is 0.124 e. The first kappa shape index (κ1) is 16.4. The van der Waals surface area contributed by atoms with E-state index in [0.717, 1.165) is 5.52 Å². The van der Waals surface area contributed by atoms with Crippen LogP contribution in [0.15, 0.2) is 48.7 Å². The highest BCUT2D eigenvalue weighted by Crippen LogP contribution is 2.29. The molecule has 0 bridgehead atoms. The molecule has 1 heterocycles. The average molecular weight is 326 g/mol. The Labute approximate surface area is 141 Å². The second-order valence-corrected chi connectivity index (χ2v) is 5.61. The molecule has 0 amide bonds. The van der Waals surface area contributed by atoms with Crippen LogP contribution in [0.3, 0.4) is 0 Å². The van der Waals surface area contributed by atoms with E-state index in [1.54, 1.807) is 26.4 Å². The number of H-pyrrole nitrogens is 1. The Morgan fingerprint density at radius 3 is 2.79 bits per heavy atom. The fourth-order valence-corrected chi connectivity index (χ4v) is 2.86. The van der Waals surface area contributed by atoms with Crippen LogP contribution in [-0.4, -0.2) is 30.9 Å². The summed E-state index contributed by atoms with van der Waals surface area (Å²) in [5, 5.41) is 15.0. The van der Waals surface area contributed by atoms with E-state index in [1.807, 2.05) is 18.3 Å². The Kier molecular flexibility index (Phi) is 5.03. The highest BCUT2D eigenvalue weighted by Gasteiger charge is 2.14. The minimum atomic E-state index is -0.680. The molecular formula is C19H22N2O3. The molecule has 2 aromatic carbocycles. The summed E-state index contributed by atoms with van der Waals surface area (Å²) < 4.78 is 10.6. The third-order valence-electron chi connectivity index (χ3n) is 4.13. The molecule has 24 heavy (non-hydrogen) atoms. The number of fused-ring (bicyclic) bond motifs is 1. The normalized spacial score (nSPS) is 12.3. The summed E-state index contributed by atoms with van der Waals surface area (Å²) in [7, 11) is 3.20. The fraction of sp³-hybridized carbons (Fsp3) is 0.263. The van der Waals surface area contributed by atoms with E-state index in [4.69, 9.17) is 9.47 Å². The van der Waals surface area contributed by atoms with Crippen molar-refractivity contribution in [2.45, 2.75) is 12.6 Å². The van der Waals surface area contributed by atoms with Crippen molar-refractivity contribution in [2.75, 3.05) is 20.8 Å². The molecule has 0 aliphatic heterocycles. The molecule has 126 valence electrons. The highest BCUT2D eigenvalue weighted by molar-refractivity contribution is 5.82. The van der Waals surface area contributed by atoms with E-state index in [2.05, 4.69) is 28.5 Å². The summed E-state index contributed by atoms with van der Waals surface area (Å²) in [6.45, 7) is 1.10. The lowest BCUT2D eigenvalue weighted by atomic mass is 10.1. The van der Waals surface area contributed by atoms with Gasteiger partial charge in [-0.25, -0.2) is 0 Å². The van der Waals surface area contributed by atoms with Gasteiger partial charge in [0.05, 0.1) is 20.3 Å². The minimum Gasteiger partial charge on any atom is -0.497 e. The number of hydrogen-bond donors (Lipinski definition) is 3. The van der Waals surface area contributed by atoms with E-state index in [-0.39, 0.29) is 0 Å². The quantitative estimate of drug-likeness (QED) is 0.624. The molecule has 5 heteroatoms. The molecule has 0 saturated carbocycles. The van der Waals surface area contributed by atoms with E-state index < -0.39 is 6.10 Å².